The molecule has 16 heavy (non-hydrogen) atoms. The number of rotatable bonds is 2. The Hall–Kier alpha value is -1.00. The molecule has 1 aromatic heterocycles. The zero-order valence-corrected chi connectivity index (χ0v) is 9.56. The molecule has 1 aliphatic heterocycles. The van der Waals surface area contributed by atoms with Crippen molar-refractivity contribution in [3.8, 4) is 0 Å². The first-order valence-corrected chi connectivity index (χ1v) is 5.74. The monoisotopic (exact) mass is 223 g/mol. The van der Waals surface area contributed by atoms with Gasteiger partial charge in [-0.05, 0) is 31.4 Å². The highest BCUT2D eigenvalue weighted by Gasteiger charge is 2.22. The predicted molar refractivity (Wildman–Crippen MR) is 61.3 cm³/mol. The van der Waals surface area contributed by atoms with Crippen molar-refractivity contribution in [2.45, 2.75) is 38.4 Å². The third kappa shape index (κ3) is 2.77. The first-order chi connectivity index (χ1) is 7.65. The van der Waals surface area contributed by atoms with Crippen molar-refractivity contribution in [3.63, 3.8) is 0 Å². The van der Waals surface area contributed by atoms with Gasteiger partial charge in [0.15, 0.2) is 0 Å². The lowest BCUT2D eigenvalue weighted by Gasteiger charge is -2.36. The minimum absolute atomic E-state index is 0.265. The van der Waals surface area contributed by atoms with Gasteiger partial charge in [-0.25, -0.2) is 4.39 Å². The molecule has 1 saturated heterocycles. The van der Waals surface area contributed by atoms with Crippen molar-refractivity contribution in [1.82, 2.24) is 9.88 Å². The van der Waals surface area contributed by atoms with E-state index < -0.39 is 0 Å². The molecule has 88 valence electrons. The number of nitrogens with zero attached hydrogens (tertiary/aromatic N) is 2. The maximum atomic E-state index is 13.0. The van der Waals surface area contributed by atoms with Crippen LogP contribution < -0.4 is 5.73 Å². The molecule has 2 unspecified atom stereocenters. The summed E-state index contributed by atoms with van der Waals surface area (Å²) in [5, 5.41) is 0. The number of hydrogen-bond acceptors (Lipinski definition) is 3. The van der Waals surface area contributed by atoms with Crippen LogP contribution in [0.25, 0.3) is 0 Å². The molecular weight excluding hydrogens is 205 g/mol. The van der Waals surface area contributed by atoms with E-state index in [1.807, 2.05) is 0 Å². The van der Waals surface area contributed by atoms with E-state index in [0.717, 1.165) is 31.5 Å². The maximum Gasteiger partial charge on any atom is 0.141 e. The quantitative estimate of drug-likeness (QED) is 0.826. The van der Waals surface area contributed by atoms with E-state index in [1.54, 1.807) is 12.3 Å². The smallest absolute Gasteiger partial charge is 0.141 e. The van der Waals surface area contributed by atoms with Gasteiger partial charge < -0.3 is 5.73 Å². The standard InChI is InChI=1S/C12H18FN3/c1-9-4-12(14)2-3-16(9)8-10-5-11(13)7-15-6-10/h5-7,9,12H,2-4,8,14H2,1H3. The van der Waals surface area contributed by atoms with Crippen LogP contribution in [0, 0.1) is 5.82 Å². The summed E-state index contributed by atoms with van der Waals surface area (Å²) in [6, 6.07) is 2.33. The van der Waals surface area contributed by atoms with Crippen LogP contribution in [0.4, 0.5) is 4.39 Å². The van der Waals surface area contributed by atoms with Gasteiger partial charge >= 0.3 is 0 Å². The van der Waals surface area contributed by atoms with E-state index in [9.17, 15) is 4.39 Å². The van der Waals surface area contributed by atoms with Crippen LogP contribution in [0.15, 0.2) is 18.5 Å². The summed E-state index contributed by atoms with van der Waals surface area (Å²) in [6.45, 7) is 3.92. The fourth-order valence-electron chi connectivity index (χ4n) is 2.27. The number of halogens is 1. The Morgan fingerprint density at radius 2 is 2.38 bits per heavy atom. The van der Waals surface area contributed by atoms with Crippen LogP contribution in [-0.4, -0.2) is 28.5 Å². The fraction of sp³-hybridized carbons (Fsp3) is 0.583. The van der Waals surface area contributed by atoms with Crippen molar-refractivity contribution >= 4 is 0 Å². The highest BCUT2D eigenvalue weighted by Crippen LogP contribution is 2.18. The Morgan fingerprint density at radius 1 is 1.56 bits per heavy atom. The summed E-state index contributed by atoms with van der Waals surface area (Å²) in [4.78, 5) is 6.20. The van der Waals surface area contributed by atoms with E-state index in [-0.39, 0.29) is 5.82 Å². The summed E-state index contributed by atoms with van der Waals surface area (Å²) in [5.41, 5.74) is 6.84. The van der Waals surface area contributed by atoms with Crippen LogP contribution in [0.5, 0.6) is 0 Å². The molecular formula is C12H18FN3. The molecule has 1 aliphatic rings. The summed E-state index contributed by atoms with van der Waals surface area (Å²) < 4.78 is 13.0. The zero-order chi connectivity index (χ0) is 11.5. The second kappa shape index (κ2) is 4.89. The molecule has 0 saturated carbocycles. The largest absolute Gasteiger partial charge is 0.328 e. The Bertz CT molecular complexity index is 356. The van der Waals surface area contributed by atoms with Crippen LogP contribution in [-0.2, 0) is 6.54 Å². The van der Waals surface area contributed by atoms with Crippen molar-refractivity contribution in [3.05, 3.63) is 29.8 Å². The van der Waals surface area contributed by atoms with E-state index in [1.165, 1.54) is 6.20 Å². The van der Waals surface area contributed by atoms with Gasteiger partial charge in [-0.2, -0.15) is 0 Å². The van der Waals surface area contributed by atoms with Gasteiger partial charge in [0.25, 0.3) is 0 Å². The SMILES string of the molecule is CC1CC(N)CCN1Cc1cncc(F)c1. The second-order valence-corrected chi connectivity index (χ2v) is 4.62. The number of piperidine rings is 1. The first kappa shape index (κ1) is 11.5. The lowest BCUT2D eigenvalue weighted by atomic mass is 9.99. The lowest BCUT2D eigenvalue weighted by Crippen LogP contribution is -2.44. The number of likely N-dealkylation sites (tertiary alicyclic amines) is 1. The number of pyridine rings is 1. The Labute approximate surface area is 95.5 Å². The Kier molecular flexibility index (Phi) is 3.51. The average Bonchev–Trinajstić information content (AvgIpc) is 2.22. The third-order valence-electron chi connectivity index (χ3n) is 3.20. The molecule has 3 nitrogen and oxygen atoms in total. The number of aromatic nitrogens is 1. The van der Waals surface area contributed by atoms with Crippen LogP contribution in [0.2, 0.25) is 0 Å². The van der Waals surface area contributed by atoms with E-state index >= 15 is 0 Å². The molecule has 2 atom stereocenters. The van der Waals surface area contributed by atoms with Crippen LogP contribution in [0.3, 0.4) is 0 Å². The highest BCUT2D eigenvalue weighted by atomic mass is 19.1. The van der Waals surface area contributed by atoms with Crippen molar-refractivity contribution in [2.24, 2.45) is 5.73 Å². The van der Waals surface area contributed by atoms with Gasteiger partial charge in [0.1, 0.15) is 5.82 Å². The Balaban J connectivity index is 1.99. The third-order valence-corrected chi connectivity index (χ3v) is 3.20. The molecule has 2 N–H and O–H groups in total. The van der Waals surface area contributed by atoms with E-state index in [0.29, 0.717) is 12.1 Å². The molecule has 0 aliphatic carbocycles. The van der Waals surface area contributed by atoms with Gasteiger partial charge in [0.2, 0.25) is 0 Å². The number of hydrogen-bond donors (Lipinski definition) is 1. The van der Waals surface area contributed by atoms with Crippen LogP contribution in [0.1, 0.15) is 25.3 Å². The maximum absolute atomic E-state index is 13.0. The minimum atomic E-state index is -0.265. The van der Waals surface area contributed by atoms with E-state index in [4.69, 9.17) is 5.73 Å². The second-order valence-electron chi connectivity index (χ2n) is 4.62. The normalized spacial score (nSPS) is 26.9. The summed E-state index contributed by atoms with van der Waals surface area (Å²) in [5.74, 6) is -0.265. The summed E-state index contributed by atoms with van der Waals surface area (Å²) >= 11 is 0. The van der Waals surface area contributed by atoms with Gasteiger partial charge in [-0.15, -0.1) is 0 Å². The molecule has 0 bridgehead atoms. The van der Waals surface area contributed by atoms with Crippen molar-refractivity contribution in [2.75, 3.05) is 6.54 Å². The minimum Gasteiger partial charge on any atom is -0.328 e. The van der Waals surface area contributed by atoms with Gasteiger partial charge in [-0.3, -0.25) is 9.88 Å². The highest BCUT2D eigenvalue weighted by molar-refractivity contribution is 5.10. The topological polar surface area (TPSA) is 42.1 Å². The molecule has 4 heteroatoms. The van der Waals surface area contributed by atoms with E-state index in [2.05, 4.69) is 16.8 Å². The van der Waals surface area contributed by atoms with Crippen molar-refractivity contribution < 1.29 is 4.39 Å². The van der Waals surface area contributed by atoms with Gasteiger partial charge in [0.05, 0.1) is 6.20 Å². The molecule has 1 aromatic rings. The first-order valence-electron chi connectivity index (χ1n) is 5.74. The van der Waals surface area contributed by atoms with Gasteiger partial charge in [-0.1, -0.05) is 0 Å². The van der Waals surface area contributed by atoms with Crippen LogP contribution >= 0.6 is 0 Å². The molecule has 0 radical (unpaired) electrons. The fourth-order valence-corrected chi connectivity index (χ4v) is 2.27. The average molecular weight is 223 g/mol. The number of nitrogens with two attached hydrogens (primary N) is 1. The lowest BCUT2D eigenvalue weighted by molar-refractivity contribution is 0.139. The Morgan fingerprint density at radius 3 is 3.06 bits per heavy atom. The molecule has 1 fully saturated rings. The summed E-state index contributed by atoms with van der Waals surface area (Å²) in [7, 11) is 0. The zero-order valence-electron chi connectivity index (χ0n) is 9.56. The molecule has 0 aromatic carbocycles. The van der Waals surface area contributed by atoms with Gasteiger partial charge in [0, 0.05) is 31.4 Å². The predicted octanol–water partition coefficient (Wildman–Crippen LogP) is 1.53. The molecule has 0 spiro atoms. The summed E-state index contributed by atoms with van der Waals surface area (Å²) in [6.07, 6.45) is 5.00. The van der Waals surface area contributed by atoms with Crippen molar-refractivity contribution in [1.29, 1.82) is 0 Å². The molecule has 0 amide bonds. The molecule has 2 heterocycles. The molecule has 2 rings (SSSR count).